The number of carbonyl (C=O) groups excluding carboxylic acids is 2. The molecule has 2 N–H and O–H groups in total. The highest BCUT2D eigenvalue weighted by molar-refractivity contribution is 7.16. The Balaban J connectivity index is 1.42. The van der Waals surface area contributed by atoms with Gasteiger partial charge < -0.3 is 5.32 Å². The zero-order valence-electron chi connectivity index (χ0n) is 13.9. The number of thiazole rings is 1. The Bertz CT molecular complexity index is 920. The molecule has 0 aliphatic heterocycles. The third-order valence-corrected chi connectivity index (χ3v) is 6.23. The zero-order chi connectivity index (χ0) is 17.9. The van der Waals surface area contributed by atoms with Crippen LogP contribution in [-0.2, 0) is 17.8 Å². The molecule has 0 saturated heterocycles. The Morgan fingerprint density at radius 2 is 2.00 bits per heavy atom. The predicted octanol–water partition coefficient (Wildman–Crippen LogP) is 3.80. The van der Waals surface area contributed by atoms with Crippen molar-refractivity contribution >= 4 is 39.6 Å². The van der Waals surface area contributed by atoms with E-state index < -0.39 is 0 Å². The molecular weight excluding hydrogens is 366 g/mol. The number of aryl methyl sites for hydroxylation is 1. The van der Waals surface area contributed by atoms with Gasteiger partial charge in [-0.3, -0.25) is 14.9 Å². The molecule has 1 aliphatic carbocycles. The lowest BCUT2D eigenvalue weighted by Gasteiger charge is -2.10. The minimum Gasteiger partial charge on any atom is -0.351 e. The van der Waals surface area contributed by atoms with E-state index in [1.807, 2.05) is 35.7 Å². The number of benzene rings is 1. The molecule has 3 aromatic rings. The second-order valence-corrected chi connectivity index (χ2v) is 8.15. The molecule has 5 nitrogen and oxygen atoms in total. The van der Waals surface area contributed by atoms with Crippen LogP contribution < -0.4 is 10.6 Å². The SMILES string of the molecule is O=C(Nc1nc2c(s1)CCC2C(=O)NCc1cccs1)c1ccccc1. The molecule has 2 aromatic heterocycles. The fraction of sp³-hybridized carbons (Fsp3) is 0.211. The van der Waals surface area contributed by atoms with E-state index in [0.29, 0.717) is 17.2 Å². The van der Waals surface area contributed by atoms with E-state index in [1.54, 1.807) is 23.5 Å². The van der Waals surface area contributed by atoms with Gasteiger partial charge in [0, 0.05) is 15.3 Å². The van der Waals surface area contributed by atoms with Crippen molar-refractivity contribution < 1.29 is 9.59 Å². The molecular formula is C19H17N3O2S2. The maximum absolute atomic E-state index is 12.5. The average Bonchev–Trinajstić information content (AvgIpc) is 3.37. The van der Waals surface area contributed by atoms with E-state index >= 15 is 0 Å². The number of aromatic nitrogens is 1. The highest BCUT2D eigenvalue weighted by atomic mass is 32.1. The summed E-state index contributed by atoms with van der Waals surface area (Å²) in [6, 6.07) is 13.0. The van der Waals surface area contributed by atoms with Gasteiger partial charge in [0.2, 0.25) is 5.91 Å². The Morgan fingerprint density at radius 1 is 1.15 bits per heavy atom. The lowest BCUT2D eigenvalue weighted by atomic mass is 10.1. The smallest absolute Gasteiger partial charge is 0.257 e. The minimum absolute atomic E-state index is 0.00314. The van der Waals surface area contributed by atoms with E-state index in [1.165, 1.54) is 11.3 Å². The molecule has 0 radical (unpaired) electrons. The van der Waals surface area contributed by atoms with Gasteiger partial charge in [0.25, 0.3) is 5.91 Å². The van der Waals surface area contributed by atoms with Gasteiger partial charge in [-0.1, -0.05) is 24.3 Å². The largest absolute Gasteiger partial charge is 0.351 e. The fourth-order valence-electron chi connectivity index (χ4n) is 3.01. The number of hydrogen-bond donors (Lipinski definition) is 2. The van der Waals surface area contributed by atoms with Crippen molar-refractivity contribution in [3.05, 3.63) is 68.9 Å². The number of hydrogen-bond acceptors (Lipinski definition) is 5. The molecule has 4 rings (SSSR count). The van der Waals surface area contributed by atoms with Gasteiger partial charge in [-0.25, -0.2) is 4.98 Å². The molecule has 1 atom stereocenters. The third-order valence-electron chi connectivity index (χ3n) is 4.31. The summed E-state index contributed by atoms with van der Waals surface area (Å²) in [5, 5.41) is 8.38. The highest BCUT2D eigenvalue weighted by Crippen LogP contribution is 2.38. The number of fused-ring (bicyclic) bond motifs is 1. The number of anilines is 1. The van der Waals surface area contributed by atoms with Crippen LogP contribution in [0.25, 0.3) is 0 Å². The lowest BCUT2D eigenvalue weighted by molar-refractivity contribution is -0.122. The molecule has 1 aromatic carbocycles. The fourth-order valence-corrected chi connectivity index (χ4v) is 4.68. The molecule has 1 aliphatic rings. The Labute approximate surface area is 159 Å². The molecule has 2 amide bonds. The summed E-state index contributed by atoms with van der Waals surface area (Å²) in [4.78, 5) is 31.5. The topological polar surface area (TPSA) is 71.1 Å². The molecule has 0 fully saturated rings. The van der Waals surface area contributed by atoms with Crippen molar-refractivity contribution in [1.29, 1.82) is 0 Å². The summed E-state index contributed by atoms with van der Waals surface area (Å²) in [5.74, 6) is -0.413. The second-order valence-electron chi connectivity index (χ2n) is 6.04. The molecule has 0 bridgehead atoms. The van der Waals surface area contributed by atoms with Gasteiger partial charge in [0.1, 0.15) is 0 Å². The standard InChI is InChI=1S/C19H17N3O2S2/c23-17(12-5-2-1-3-6-12)22-19-21-16-14(8-9-15(16)26-19)18(24)20-11-13-7-4-10-25-13/h1-7,10,14H,8-9,11H2,(H,20,24)(H,21,22,23). The van der Waals surface area contributed by atoms with Gasteiger partial charge in [0.05, 0.1) is 18.2 Å². The number of carbonyl (C=O) groups is 2. The lowest BCUT2D eigenvalue weighted by Crippen LogP contribution is -2.27. The van der Waals surface area contributed by atoms with Crippen LogP contribution in [0.1, 0.15) is 38.1 Å². The predicted molar refractivity (Wildman–Crippen MR) is 104 cm³/mol. The summed E-state index contributed by atoms with van der Waals surface area (Å²) >= 11 is 3.09. The summed E-state index contributed by atoms with van der Waals surface area (Å²) in [5.41, 5.74) is 1.40. The number of thiophene rings is 1. The third kappa shape index (κ3) is 3.54. The van der Waals surface area contributed by atoms with Crippen LogP contribution in [0.15, 0.2) is 47.8 Å². The maximum atomic E-state index is 12.5. The minimum atomic E-state index is -0.233. The van der Waals surface area contributed by atoms with Crippen LogP contribution in [0, 0.1) is 0 Å². The van der Waals surface area contributed by atoms with E-state index in [-0.39, 0.29) is 17.7 Å². The normalized spacial score (nSPS) is 15.5. The summed E-state index contributed by atoms with van der Waals surface area (Å²) in [7, 11) is 0. The summed E-state index contributed by atoms with van der Waals surface area (Å²) in [6.07, 6.45) is 1.60. The number of nitrogens with zero attached hydrogens (tertiary/aromatic N) is 1. The van der Waals surface area contributed by atoms with E-state index in [2.05, 4.69) is 15.6 Å². The average molecular weight is 383 g/mol. The van der Waals surface area contributed by atoms with Crippen molar-refractivity contribution in [3.8, 4) is 0 Å². The van der Waals surface area contributed by atoms with Crippen molar-refractivity contribution in [2.45, 2.75) is 25.3 Å². The molecule has 7 heteroatoms. The van der Waals surface area contributed by atoms with Crippen LogP contribution in [-0.4, -0.2) is 16.8 Å². The van der Waals surface area contributed by atoms with Crippen molar-refractivity contribution in [1.82, 2.24) is 10.3 Å². The Hall–Kier alpha value is -2.51. The quantitative estimate of drug-likeness (QED) is 0.704. The first kappa shape index (κ1) is 16.9. The van der Waals surface area contributed by atoms with E-state index in [9.17, 15) is 9.59 Å². The first-order valence-corrected chi connectivity index (χ1v) is 10.1. The molecule has 1 unspecified atom stereocenters. The monoisotopic (exact) mass is 383 g/mol. The van der Waals surface area contributed by atoms with Crippen LogP contribution in [0.5, 0.6) is 0 Å². The molecule has 2 heterocycles. The Morgan fingerprint density at radius 3 is 2.77 bits per heavy atom. The van der Waals surface area contributed by atoms with Gasteiger partial charge >= 0.3 is 0 Å². The Kier molecular flexibility index (Phi) is 4.81. The van der Waals surface area contributed by atoms with Gasteiger partial charge in [-0.05, 0) is 36.4 Å². The van der Waals surface area contributed by atoms with Crippen LogP contribution in [0.2, 0.25) is 0 Å². The van der Waals surface area contributed by atoms with Gasteiger partial charge in [-0.2, -0.15) is 0 Å². The number of nitrogens with one attached hydrogen (secondary N) is 2. The van der Waals surface area contributed by atoms with Crippen LogP contribution in [0.4, 0.5) is 5.13 Å². The maximum Gasteiger partial charge on any atom is 0.257 e. The molecule has 0 spiro atoms. The van der Waals surface area contributed by atoms with Gasteiger partial charge in [0.15, 0.2) is 5.13 Å². The van der Waals surface area contributed by atoms with Gasteiger partial charge in [-0.15, -0.1) is 22.7 Å². The summed E-state index contributed by atoms with van der Waals surface area (Å²) in [6.45, 7) is 0.546. The number of amides is 2. The van der Waals surface area contributed by atoms with Crippen molar-refractivity contribution in [2.75, 3.05) is 5.32 Å². The summed E-state index contributed by atoms with van der Waals surface area (Å²) < 4.78 is 0. The van der Waals surface area contributed by atoms with Crippen molar-refractivity contribution in [2.24, 2.45) is 0 Å². The first-order valence-electron chi connectivity index (χ1n) is 8.37. The van der Waals surface area contributed by atoms with Crippen LogP contribution >= 0.6 is 22.7 Å². The molecule has 26 heavy (non-hydrogen) atoms. The highest BCUT2D eigenvalue weighted by Gasteiger charge is 2.32. The first-order chi connectivity index (χ1) is 12.7. The molecule has 132 valence electrons. The second kappa shape index (κ2) is 7.39. The van der Waals surface area contributed by atoms with E-state index in [4.69, 9.17) is 0 Å². The zero-order valence-corrected chi connectivity index (χ0v) is 15.5. The molecule has 0 saturated carbocycles. The number of rotatable bonds is 5. The van der Waals surface area contributed by atoms with Crippen molar-refractivity contribution in [3.63, 3.8) is 0 Å². The van der Waals surface area contributed by atoms with Crippen LogP contribution in [0.3, 0.4) is 0 Å². The van der Waals surface area contributed by atoms with E-state index in [0.717, 1.165) is 28.3 Å².